The van der Waals surface area contributed by atoms with Gasteiger partial charge < -0.3 is 16.0 Å². The van der Waals surface area contributed by atoms with E-state index in [-0.39, 0.29) is 0 Å². The highest BCUT2D eigenvalue weighted by Gasteiger charge is 2.10. The van der Waals surface area contributed by atoms with Crippen molar-refractivity contribution in [3.8, 4) is 22.3 Å². The van der Waals surface area contributed by atoms with E-state index in [1.807, 2.05) is 39.2 Å². The smallest absolute Gasteiger partial charge is 0.167 e. The third-order valence-corrected chi connectivity index (χ3v) is 4.95. The van der Waals surface area contributed by atoms with Gasteiger partial charge in [0.25, 0.3) is 0 Å². The first-order chi connectivity index (χ1) is 12.3. The average molecular weight is 355 g/mol. The maximum atomic E-state index is 7.42. The van der Waals surface area contributed by atoms with Crippen LogP contribution in [-0.2, 0) is 0 Å². The van der Waals surface area contributed by atoms with Gasteiger partial charge in [0.2, 0.25) is 0 Å². The number of nitrogens with one attached hydrogen (secondary N) is 3. The molecule has 4 nitrogen and oxygen atoms in total. The van der Waals surface area contributed by atoms with E-state index in [0.717, 1.165) is 52.6 Å². The third-order valence-electron chi connectivity index (χ3n) is 3.99. The summed E-state index contributed by atoms with van der Waals surface area (Å²) in [6.07, 6.45) is 5.50. The Bertz CT molecular complexity index is 749. The Morgan fingerprint density at radius 3 is 2.76 bits per heavy atom. The molecular formula is C20H26N4S. The highest BCUT2D eigenvalue weighted by Crippen LogP contribution is 2.29. The van der Waals surface area contributed by atoms with Crippen molar-refractivity contribution >= 4 is 23.2 Å². The van der Waals surface area contributed by atoms with Crippen molar-refractivity contribution in [2.24, 2.45) is 5.92 Å². The van der Waals surface area contributed by atoms with Gasteiger partial charge in [0.1, 0.15) is 0 Å². The highest BCUT2D eigenvalue weighted by atomic mass is 32.1. The molecule has 1 aliphatic heterocycles. The molecule has 0 atom stereocenters. The molecule has 2 aromatic rings. The summed E-state index contributed by atoms with van der Waals surface area (Å²) in [6.45, 7) is 6.13. The Labute approximate surface area is 154 Å². The van der Waals surface area contributed by atoms with Crippen LogP contribution in [0.1, 0.15) is 37.3 Å². The minimum atomic E-state index is 0.492. The fourth-order valence-corrected chi connectivity index (χ4v) is 3.42. The van der Waals surface area contributed by atoms with E-state index in [1.54, 1.807) is 11.3 Å². The summed E-state index contributed by atoms with van der Waals surface area (Å²) in [7, 11) is 1.87. The Kier molecular flexibility index (Phi) is 7.65. The lowest BCUT2D eigenvalue weighted by atomic mass is 9.99. The fraction of sp³-hybridized carbons (Fsp3) is 0.400. The molecule has 1 aromatic heterocycles. The van der Waals surface area contributed by atoms with E-state index in [1.165, 1.54) is 6.21 Å². The first kappa shape index (κ1) is 19.2. The van der Waals surface area contributed by atoms with Crippen LogP contribution >= 0.6 is 11.3 Å². The molecule has 1 saturated heterocycles. The molecule has 3 rings (SSSR count). The molecule has 2 heterocycles. The number of piperidine rings is 1. The molecule has 0 spiro atoms. The zero-order chi connectivity index (χ0) is 18.1. The summed E-state index contributed by atoms with van der Waals surface area (Å²) in [5, 5.41) is 14.8. The number of anilines is 1. The Balaban J connectivity index is 0.00000109. The van der Waals surface area contributed by atoms with Crippen molar-refractivity contribution in [2.45, 2.75) is 26.7 Å². The van der Waals surface area contributed by atoms with Crippen molar-refractivity contribution < 1.29 is 0 Å². The lowest BCUT2D eigenvalue weighted by Gasteiger charge is -2.16. The molecule has 132 valence electrons. The Morgan fingerprint density at radius 2 is 2.08 bits per heavy atom. The molecule has 0 radical (unpaired) electrons. The standard InChI is InChI=1S/C18H20N4S.C2H6/c1-20-16-10-14(3-4-15(16)11-19)17-12-22-18(23-17)5-2-13-6-8-21-9-7-13;1-2/h3-4,10-13,19-21H,6-9H2,1H3;1-2H3. The van der Waals surface area contributed by atoms with Gasteiger partial charge in [-0.15, -0.1) is 11.3 Å². The number of hydrogen-bond donors (Lipinski definition) is 3. The van der Waals surface area contributed by atoms with Crippen LogP contribution in [0.4, 0.5) is 5.69 Å². The number of hydrogen-bond acceptors (Lipinski definition) is 5. The van der Waals surface area contributed by atoms with E-state index >= 15 is 0 Å². The van der Waals surface area contributed by atoms with Crippen molar-refractivity contribution in [1.29, 1.82) is 5.41 Å². The topological polar surface area (TPSA) is 60.8 Å². The molecule has 1 aromatic carbocycles. The summed E-state index contributed by atoms with van der Waals surface area (Å²) < 4.78 is 0. The van der Waals surface area contributed by atoms with E-state index in [9.17, 15) is 0 Å². The molecule has 1 aliphatic rings. The van der Waals surface area contributed by atoms with Gasteiger partial charge in [0, 0.05) is 36.6 Å². The van der Waals surface area contributed by atoms with Crippen LogP contribution in [0, 0.1) is 23.2 Å². The summed E-state index contributed by atoms with van der Waals surface area (Å²) >= 11 is 1.62. The van der Waals surface area contributed by atoms with Gasteiger partial charge in [-0.25, -0.2) is 4.98 Å². The van der Waals surface area contributed by atoms with Crippen LogP contribution in [0.15, 0.2) is 24.4 Å². The number of rotatable bonds is 3. The first-order valence-corrected chi connectivity index (χ1v) is 9.62. The van der Waals surface area contributed by atoms with Crippen LogP contribution in [0.3, 0.4) is 0 Å². The third kappa shape index (κ3) is 5.15. The van der Waals surface area contributed by atoms with Gasteiger partial charge in [0.15, 0.2) is 5.01 Å². The maximum Gasteiger partial charge on any atom is 0.167 e. The zero-order valence-corrected chi connectivity index (χ0v) is 16.0. The van der Waals surface area contributed by atoms with Crippen molar-refractivity contribution in [2.75, 3.05) is 25.5 Å². The molecule has 1 fully saturated rings. The Morgan fingerprint density at radius 1 is 1.32 bits per heavy atom. The van der Waals surface area contributed by atoms with Crippen LogP contribution in [0.2, 0.25) is 0 Å². The van der Waals surface area contributed by atoms with Gasteiger partial charge in [-0.05, 0) is 43.5 Å². The van der Waals surface area contributed by atoms with Gasteiger partial charge in [-0.1, -0.05) is 31.9 Å². The molecule has 3 N–H and O–H groups in total. The van der Waals surface area contributed by atoms with E-state index < -0.39 is 0 Å². The second kappa shape index (κ2) is 9.97. The van der Waals surface area contributed by atoms with E-state index in [4.69, 9.17) is 5.41 Å². The van der Waals surface area contributed by atoms with Crippen LogP contribution in [0.25, 0.3) is 10.4 Å². The Hall–Kier alpha value is -2.16. The number of thiazole rings is 1. The SMILES string of the molecule is CC.CNc1cc(-c2cnc(C#CC3CCNCC3)s2)ccc1C=N. The van der Waals surface area contributed by atoms with Crippen molar-refractivity contribution in [1.82, 2.24) is 10.3 Å². The number of nitrogens with zero attached hydrogens (tertiary/aromatic N) is 1. The number of benzene rings is 1. The molecule has 0 saturated carbocycles. The predicted molar refractivity (Wildman–Crippen MR) is 109 cm³/mol. The summed E-state index contributed by atoms with van der Waals surface area (Å²) in [5.41, 5.74) is 2.94. The molecule has 25 heavy (non-hydrogen) atoms. The average Bonchev–Trinajstić information content (AvgIpc) is 3.17. The molecule has 0 amide bonds. The molecule has 0 aliphatic carbocycles. The largest absolute Gasteiger partial charge is 0.388 e. The molecule has 0 unspecified atom stereocenters. The highest BCUT2D eigenvalue weighted by molar-refractivity contribution is 7.15. The van der Waals surface area contributed by atoms with Gasteiger partial charge in [-0.3, -0.25) is 0 Å². The van der Waals surface area contributed by atoms with E-state index in [2.05, 4.69) is 33.5 Å². The predicted octanol–water partition coefficient (Wildman–Crippen LogP) is 4.23. The van der Waals surface area contributed by atoms with E-state index in [0.29, 0.717) is 5.92 Å². The molecule has 0 bridgehead atoms. The minimum Gasteiger partial charge on any atom is -0.388 e. The van der Waals surface area contributed by atoms with Gasteiger partial charge in [0.05, 0.1) is 4.88 Å². The maximum absolute atomic E-state index is 7.42. The van der Waals surface area contributed by atoms with Crippen LogP contribution < -0.4 is 10.6 Å². The molecular weight excluding hydrogens is 328 g/mol. The first-order valence-electron chi connectivity index (χ1n) is 8.81. The van der Waals surface area contributed by atoms with Crippen molar-refractivity contribution in [3.05, 3.63) is 35.0 Å². The van der Waals surface area contributed by atoms with Crippen LogP contribution in [0.5, 0.6) is 0 Å². The van der Waals surface area contributed by atoms with Crippen molar-refractivity contribution in [3.63, 3.8) is 0 Å². The minimum absolute atomic E-state index is 0.492. The van der Waals surface area contributed by atoms with Crippen LogP contribution in [-0.4, -0.2) is 31.3 Å². The van der Waals surface area contributed by atoms with Gasteiger partial charge in [-0.2, -0.15) is 0 Å². The second-order valence-corrected chi connectivity index (χ2v) is 6.55. The summed E-state index contributed by atoms with van der Waals surface area (Å²) in [6, 6.07) is 6.03. The second-order valence-electron chi connectivity index (χ2n) is 5.52. The fourth-order valence-electron chi connectivity index (χ4n) is 2.65. The zero-order valence-electron chi connectivity index (χ0n) is 15.1. The number of aromatic nitrogens is 1. The molecule has 5 heteroatoms. The summed E-state index contributed by atoms with van der Waals surface area (Å²) in [4.78, 5) is 5.54. The van der Waals surface area contributed by atoms with Gasteiger partial charge >= 0.3 is 0 Å². The lowest BCUT2D eigenvalue weighted by molar-refractivity contribution is 0.447. The lowest BCUT2D eigenvalue weighted by Crippen LogP contribution is -2.26. The normalized spacial score (nSPS) is 13.9. The quantitative estimate of drug-likeness (QED) is 0.571. The summed E-state index contributed by atoms with van der Waals surface area (Å²) in [5.74, 6) is 7.08. The monoisotopic (exact) mass is 354 g/mol.